The molecule has 0 saturated heterocycles. The maximum atomic E-state index is 15.8. The van der Waals surface area contributed by atoms with Crippen LogP contribution in [0.2, 0.25) is 5.02 Å². The molecule has 42 heavy (non-hydrogen) atoms. The van der Waals surface area contributed by atoms with Crippen LogP contribution in [0.15, 0.2) is 48.1 Å². The maximum Gasteiger partial charge on any atom is 0.398 e. The third kappa shape index (κ3) is 5.19. The monoisotopic (exact) mass is 629 g/mol. The minimum atomic E-state index is -4.57. The van der Waals surface area contributed by atoms with Crippen LogP contribution in [-0.4, -0.2) is 57.9 Å². The molecule has 0 radical (unpaired) electrons. The third-order valence-corrected chi connectivity index (χ3v) is 11.6. The first kappa shape index (κ1) is 31.7. The van der Waals surface area contributed by atoms with Gasteiger partial charge in [-0.25, -0.2) is 4.39 Å². The lowest BCUT2D eigenvalue weighted by molar-refractivity contribution is -0.282. The molecular weight excluding hydrogens is 594 g/mol. The van der Waals surface area contributed by atoms with Gasteiger partial charge < -0.3 is 5.11 Å². The summed E-state index contributed by atoms with van der Waals surface area (Å²) in [6, 6.07) is 7.02. The van der Waals surface area contributed by atoms with Crippen molar-refractivity contribution in [3.05, 3.63) is 58.7 Å². The highest BCUT2D eigenvalue weighted by Crippen LogP contribution is 2.70. The summed E-state index contributed by atoms with van der Waals surface area (Å²) in [5, 5.41) is 13.1. The average molecular weight is 630 g/mol. The summed E-state index contributed by atoms with van der Waals surface area (Å²) in [5.74, 6) is -3.31. The molecule has 0 aliphatic heterocycles. The number of fused-ring (bicyclic) bond motifs is 5. The van der Waals surface area contributed by atoms with Crippen molar-refractivity contribution in [1.82, 2.24) is 5.06 Å². The number of thioether (sulfide) groups is 1. The molecule has 5 unspecified atom stereocenters. The number of alkyl halides is 4. The fourth-order valence-corrected chi connectivity index (χ4v) is 9.81. The first-order valence-electron chi connectivity index (χ1n) is 14.2. The molecule has 1 N–H and O–H groups in total. The SMILES string of the molecule is C[C@@H]1CC2C3C[C@H](F)C4=CC(=O)C=C[C@]4(C)C3C(O)CC2(C)[C@@]1(ON(C)Cc1ccc(Cl)cc1)C(=O)SCC(F)(F)F. The summed E-state index contributed by atoms with van der Waals surface area (Å²) in [6.07, 6.45) is -2.02. The van der Waals surface area contributed by atoms with Crippen LogP contribution in [0.1, 0.15) is 45.6 Å². The molecule has 3 saturated carbocycles. The molecular formula is C31H36ClF4NO4S. The molecule has 9 atom stereocenters. The van der Waals surface area contributed by atoms with Crippen molar-refractivity contribution in [2.45, 2.75) is 70.6 Å². The zero-order valence-electron chi connectivity index (χ0n) is 24.0. The van der Waals surface area contributed by atoms with Gasteiger partial charge in [-0.15, -0.1) is 0 Å². The lowest BCUT2D eigenvalue weighted by Gasteiger charge is -2.60. The van der Waals surface area contributed by atoms with Gasteiger partial charge in [0.1, 0.15) is 6.17 Å². The summed E-state index contributed by atoms with van der Waals surface area (Å²) in [6.45, 7) is 5.68. The van der Waals surface area contributed by atoms with Gasteiger partial charge in [0.15, 0.2) is 11.4 Å². The number of hydrogen-bond acceptors (Lipinski definition) is 6. The van der Waals surface area contributed by atoms with Crippen LogP contribution in [0, 0.1) is 34.5 Å². The van der Waals surface area contributed by atoms with Gasteiger partial charge in [-0.05, 0) is 72.4 Å². The van der Waals surface area contributed by atoms with Gasteiger partial charge in [-0.2, -0.15) is 18.2 Å². The number of halogens is 5. The quantitative estimate of drug-likeness (QED) is 0.278. The van der Waals surface area contributed by atoms with E-state index in [1.165, 1.54) is 17.2 Å². The number of hydrogen-bond donors (Lipinski definition) is 1. The van der Waals surface area contributed by atoms with Crippen molar-refractivity contribution in [3.63, 3.8) is 0 Å². The van der Waals surface area contributed by atoms with Crippen LogP contribution in [0.25, 0.3) is 0 Å². The molecule has 0 bridgehead atoms. The number of hydroxylamine groups is 2. The molecule has 4 aliphatic carbocycles. The second kappa shape index (κ2) is 11.0. The Labute approximate surface area is 252 Å². The largest absolute Gasteiger partial charge is 0.398 e. The van der Waals surface area contributed by atoms with Gasteiger partial charge >= 0.3 is 6.18 Å². The first-order valence-corrected chi connectivity index (χ1v) is 15.5. The Bertz CT molecular complexity index is 1300. The molecule has 1 aromatic rings. The van der Waals surface area contributed by atoms with E-state index in [1.54, 1.807) is 44.3 Å². The number of carbonyl (C=O) groups excluding carboxylic acids is 2. The summed E-state index contributed by atoms with van der Waals surface area (Å²) in [5.41, 5.74) is -2.52. The molecule has 230 valence electrons. The van der Waals surface area contributed by atoms with Crippen LogP contribution in [0.3, 0.4) is 0 Å². The highest BCUT2D eigenvalue weighted by molar-refractivity contribution is 8.13. The van der Waals surface area contributed by atoms with Crippen LogP contribution in [0.4, 0.5) is 17.6 Å². The Kier molecular flexibility index (Phi) is 8.31. The molecule has 0 spiro atoms. The van der Waals surface area contributed by atoms with Crippen molar-refractivity contribution in [1.29, 1.82) is 0 Å². The van der Waals surface area contributed by atoms with Crippen molar-refractivity contribution in [3.8, 4) is 0 Å². The van der Waals surface area contributed by atoms with E-state index < -0.39 is 57.6 Å². The Hall–Kier alpha value is -1.72. The minimum Gasteiger partial charge on any atom is -0.393 e. The third-order valence-electron chi connectivity index (χ3n) is 10.3. The number of allylic oxidation sites excluding steroid dienone is 4. The first-order chi connectivity index (χ1) is 19.5. The van der Waals surface area contributed by atoms with Gasteiger partial charge in [0.2, 0.25) is 5.12 Å². The smallest absolute Gasteiger partial charge is 0.393 e. The van der Waals surface area contributed by atoms with E-state index in [9.17, 15) is 27.9 Å². The van der Waals surface area contributed by atoms with Gasteiger partial charge in [0, 0.05) is 35.4 Å². The fraction of sp³-hybridized carbons (Fsp3) is 0.613. The van der Waals surface area contributed by atoms with Gasteiger partial charge in [0.25, 0.3) is 0 Å². The van der Waals surface area contributed by atoms with Crippen LogP contribution in [-0.2, 0) is 21.0 Å². The Morgan fingerprint density at radius 2 is 1.88 bits per heavy atom. The second-order valence-corrected chi connectivity index (χ2v) is 14.3. The molecule has 11 heteroatoms. The standard InChI is InChI=1S/C31H36ClF4NO4S/c1-17-11-22-21-13-24(33)23-12-20(38)9-10-28(23,2)26(21)25(39)14-29(22,3)31(17,27(40)42-16-30(34,35)36)41-37(4)15-18-5-7-19(32)8-6-18/h5-10,12,17,21-22,24-26,39H,11,13-16H2,1-4H3/t17-,21?,22?,24+,25?,26?,28+,29?,31+/m1/s1. The summed E-state index contributed by atoms with van der Waals surface area (Å²) >= 11 is 6.21. The summed E-state index contributed by atoms with van der Waals surface area (Å²) in [4.78, 5) is 32.7. The molecule has 1 aromatic carbocycles. The van der Waals surface area contributed by atoms with E-state index >= 15 is 4.39 Å². The van der Waals surface area contributed by atoms with Gasteiger partial charge in [-0.1, -0.05) is 62.3 Å². The van der Waals surface area contributed by atoms with E-state index in [0.29, 0.717) is 17.0 Å². The number of nitrogens with zero attached hydrogens (tertiary/aromatic N) is 1. The number of ketones is 1. The Morgan fingerprint density at radius 1 is 1.21 bits per heavy atom. The van der Waals surface area contributed by atoms with E-state index in [0.717, 1.165) is 5.56 Å². The average Bonchev–Trinajstić information content (AvgIpc) is 3.11. The van der Waals surface area contributed by atoms with Crippen LogP contribution in [0.5, 0.6) is 0 Å². The number of aliphatic hydroxyl groups excluding tert-OH is 1. The van der Waals surface area contributed by atoms with E-state index in [1.807, 2.05) is 13.8 Å². The highest BCUT2D eigenvalue weighted by atomic mass is 35.5. The van der Waals surface area contributed by atoms with Crippen LogP contribution < -0.4 is 0 Å². The number of benzene rings is 1. The molecule has 0 amide bonds. The van der Waals surface area contributed by atoms with E-state index in [4.69, 9.17) is 16.4 Å². The Balaban J connectivity index is 1.54. The minimum absolute atomic E-state index is 0.0534. The molecule has 3 fully saturated rings. The lowest BCUT2D eigenvalue weighted by Crippen LogP contribution is -2.64. The molecule has 5 rings (SSSR count). The van der Waals surface area contributed by atoms with Crippen molar-refractivity contribution >= 4 is 34.3 Å². The predicted molar refractivity (Wildman–Crippen MR) is 153 cm³/mol. The maximum absolute atomic E-state index is 15.8. The number of rotatable bonds is 6. The Morgan fingerprint density at radius 3 is 2.52 bits per heavy atom. The summed E-state index contributed by atoms with van der Waals surface area (Å²) in [7, 11) is 1.63. The highest BCUT2D eigenvalue weighted by Gasteiger charge is 2.73. The van der Waals surface area contributed by atoms with Crippen LogP contribution >= 0.6 is 23.4 Å². The zero-order chi connectivity index (χ0) is 30.8. The van der Waals surface area contributed by atoms with Crippen molar-refractivity contribution in [2.24, 2.45) is 34.5 Å². The number of carbonyl (C=O) groups is 2. The number of aliphatic hydroxyl groups is 1. The van der Waals surface area contributed by atoms with Gasteiger partial charge in [-0.3, -0.25) is 14.4 Å². The lowest BCUT2D eigenvalue weighted by atomic mass is 9.46. The predicted octanol–water partition coefficient (Wildman–Crippen LogP) is 6.74. The molecule has 0 aromatic heterocycles. The normalized spacial score (nSPS) is 39.5. The van der Waals surface area contributed by atoms with Crippen molar-refractivity contribution < 1.29 is 37.1 Å². The fourth-order valence-electron chi connectivity index (χ4n) is 8.70. The van der Waals surface area contributed by atoms with Crippen molar-refractivity contribution in [2.75, 3.05) is 12.8 Å². The summed E-state index contributed by atoms with van der Waals surface area (Å²) < 4.78 is 55.8. The molecule has 4 aliphatic rings. The van der Waals surface area contributed by atoms with Gasteiger partial charge in [0.05, 0.1) is 11.9 Å². The van der Waals surface area contributed by atoms with E-state index in [-0.39, 0.29) is 48.8 Å². The topological polar surface area (TPSA) is 66.8 Å². The van der Waals surface area contributed by atoms with E-state index in [2.05, 4.69) is 0 Å². The molecule has 5 nitrogen and oxygen atoms in total. The molecule has 0 heterocycles. The second-order valence-electron chi connectivity index (χ2n) is 12.9. The zero-order valence-corrected chi connectivity index (χ0v) is 25.5.